The topological polar surface area (TPSA) is 70.2 Å². The lowest BCUT2D eigenvalue weighted by molar-refractivity contribution is -0.126. The Hall–Kier alpha value is -1.73. The van der Waals surface area contributed by atoms with Gasteiger partial charge in [0.2, 0.25) is 11.8 Å². The SMILES string of the molecule is O=C(/C=C/c1cccs1)NC(=S)NNC(=O)C1CCCCC1. The molecule has 0 aromatic carbocycles. The molecule has 0 radical (unpaired) electrons. The molecule has 1 aliphatic rings. The molecule has 2 amide bonds. The first-order chi connectivity index (χ1) is 10.6. The molecule has 1 aliphatic carbocycles. The van der Waals surface area contributed by atoms with Gasteiger partial charge in [0.25, 0.3) is 0 Å². The molecular formula is C15H19N3O2S2. The normalized spacial score (nSPS) is 15.5. The minimum atomic E-state index is -0.335. The Morgan fingerprint density at radius 2 is 2.00 bits per heavy atom. The van der Waals surface area contributed by atoms with Crippen LogP contribution in [-0.4, -0.2) is 16.9 Å². The zero-order chi connectivity index (χ0) is 15.8. The molecule has 1 fully saturated rings. The maximum absolute atomic E-state index is 11.9. The number of nitrogens with one attached hydrogen (secondary N) is 3. The van der Waals surface area contributed by atoms with Gasteiger partial charge in [0.1, 0.15) is 0 Å². The minimum Gasteiger partial charge on any atom is -0.298 e. The number of carbonyl (C=O) groups excluding carboxylic acids is 2. The third kappa shape index (κ3) is 5.57. The third-order valence-corrected chi connectivity index (χ3v) is 4.50. The average Bonchev–Trinajstić information content (AvgIpc) is 3.05. The summed E-state index contributed by atoms with van der Waals surface area (Å²) in [6.45, 7) is 0. The van der Waals surface area contributed by atoms with Crippen molar-refractivity contribution >= 4 is 46.6 Å². The third-order valence-electron chi connectivity index (χ3n) is 3.45. The van der Waals surface area contributed by atoms with Gasteiger partial charge in [-0.2, -0.15) is 0 Å². The van der Waals surface area contributed by atoms with Crippen LogP contribution in [0.25, 0.3) is 6.08 Å². The van der Waals surface area contributed by atoms with Gasteiger partial charge in [-0.05, 0) is 42.6 Å². The van der Waals surface area contributed by atoms with Crippen molar-refractivity contribution in [2.45, 2.75) is 32.1 Å². The number of hydrogen-bond acceptors (Lipinski definition) is 4. The summed E-state index contributed by atoms with van der Waals surface area (Å²) < 4.78 is 0. The van der Waals surface area contributed by atoms with E-state index in [9.17, 15) is 9.59 Å². The maximum Gasteiger partial charge on any atom is 0.250 e. The number of amides is 2. The molecule has 0 atom stereocenters. The zero-order valence-corrected chi connectivity index (χ0v) is 13.8. The summed E-state index contributed by atoms with van der Waals surface area (Å²) in [6.07, 6.45) is 8.32. The van der Waals surface area contributed by atoms with Crippen molar-refractivity contribution in [2.24, 2.45) is 5.92 Å². The summed E-state index contributed by atoms with van der Waals surface area (Å²) in [6, 6.07) is 3.82. The molecule has 1 heterocycles. The van der Waals surface area contributed by atoms with Crippen molar-refractivity contribution in [2.75, 3.05) is 0 Å². The number of hydrazine groups is 1. The lowest BCUT2D eigenvalue weighted by atomic mass is 9.89. The first-order valence-electron chi connectivity index (χ1n) is 7.27. The summed E-state index contributed by atoms with van der Waals surface area (Å²) in [5.74, 6) is -0.360. The summed E-state index contributed by atoms with van der Waals surface area (Å²) in [5, 5.41) is 4.51. The number of thiophene rings is 1. The molecule has 0 aliphatic heterocycles. The van der Waals surface area contributed by atoms with Crippen molar-refractivity contribution in [1.82, 2.24) is 16.2 Å². The van der Waals surface area contributed by atoms with Crippen molar-refractivity contribution in [3.8, 4) is 0 Å². The Morgan fingerprint density at radius 3 is 2.68 bits per heavy atom. The first-order valence-corrected chi connectivity index (χ1v) is 8.56. The van der Waals surface area contributed by atoms with Crippen LogP contribution in [0.3, 0.4) is 0 Å². The predicted octanol–water partition coefficient (Wildman–Crippen LogP) is 2.36. The summed E-state index contributed by atoms with van der Waals surface area (Å²) in [4.78, 5) is 24.6. The Balaban J connectivity index is 1.68. The van der Waals surface area contributed by atoms with Crippen LogP contribution in [-0.2, 0) is 9.59 Å². The number of thiocarbonyl (C=S) groups is 1. The average molecular weight is 337 g/mol. The molecule has 5 nitrogen and oxygen atoms in total. The lowest BCUT2D eigenvalue weighted by Gasteiger charge is -2.21. The molecule has 118 valence electrons. The van der Waals surface area contributed by atoms with Gasteiger partial charge in [-0.25, -0.2) is 0 Å². The van der Waals surface area contributed by atoms with E-state index in [-0.39, 0.29) is 22.8 Å². The summed E-state index contributed by atoms with van der Waals surface area (Å²) in [5.41, 5.74) is 5.13. The van der Waals surface area contributed by atoms with Gasteiger partial charge in [-0.1, -0.05) is 25.3 Å². The number of carbonyl (C=O) groups is 2. The standard InChI is InChI=1S/C15H19N3O2S2/c19-13(9-8-12-7-4-10-22-12)16-15(21)18-17-14(20)11-5-2-1-3-6-11/h4,7-11H,1-3,5-6H2,(H,17,20)(H2,16,18,19,21)/b9-8+. The highest BCUT2D eigenvalue weighted by Gasteiger charge is 2.20. The van der Waals surface area contributed by atoms with Crippen LogP contribution in [0.5, 0.6) is 0 Å². The van der Waals surface area contributed by atoms with Gasteiger partial charge in [0.15, 0.2) is 5.11 Å². The molecule has 2 rings (SSSR count). The van der Waals surface area contributed by atoms with Crippen LogP contribution in [0.15, 0.2) is 23.6 Å². The van der Waals surface area contributed by atoms with E-state index >= 15 is 0 Å². The number of hydrogen-bond donors (Lipinski definition) is 3. The first kappa shape index (κ1) is 16.6. The highest BCUT2D eigenvalue weighted by Crippen LogP contribution is 2.23. The van der Waals surface area contributed by atoms with E-state index < -0.39 is 0 Å². The molecular weight excluding hydrogens is 318 g/mol. The fraction of sp³-hybridized carbons (Fsp3) is 0.400. The lowest BCUT2D eigenvalue weighted by Crippen LogP contribution is -2.50. The summed E-state index contributed by atoms with van der Waals surface area (Å²) >= 11 is 6.52. The molecule has 0 unspecified atom stereocenters. The molecule has 1 saturated carbocycles. The highest BCUT2D eigenvalue weighted by atomic mass is 32.1. The van der Waals surface area contributed by atoms with Gasteiger partial charge in [0.05, 0.1) is 0 Å². The van der Waals surface area contributed by atoms with E-state index in [1.54, 1.807) is 17.4 Å². The monoisotopic (exact) mass is 337 g/mol. The molecule has 1 aromatic heterocycles. The second kappa shape index (κ2) is 8.65. The predicted molar refractivity (Wildman–Crippen MR) is 91.9 cm³/mol. The van der Waals surface area contributed by atoms with Crippen molar-refractivity contribution in [1.29, 1.82) is 0 Å². The Kier molecular flexibility index (Phi) is 6.54. The second-order valence-corrected chi connectivity index (χ2v) is 6.50. The smallest absolute Gasteiger partial charge is 0.250 e. The van der Waals surface area contributed by atoms with E-state index in [0.29, 0.717) is 0 Å². The van der Waals surface area contributed by atoms with Crippen molar-refractivity contribution in [3.05, 3.63) is 28.5 Å². The van der Waals surface area contributed by atoms with Crippen molar-refractivity contribution in [3.63, 3.8) is 0 Å². The van der Waals surface area contributed by atoms with E-state index in [2.05, 4.69) is 16.2 Å². The van der Waals surface area contributed by atoms with Gasteiger partial charge >= 0.3 is 0 Å². The molecule has 7 heteroatoms. The van der Waals surface area contributed by atoms with Gasteiger partial charge in [-0.3, -0.25) is 25.8 Å². The van der Waals surface area contributed by atoms with Crippen LogP contribution in [0.1, 0.15) is 37.0 Å². The Bertz CT molecular complexity index is 549. The second-order valence-electron chi connectivity index (χ2n) is 5.12. The molecule has 0 bridgehead atoms. The minimum absolute atomic E-state index is 0.0403. The molecule has 0 spiro atoms. The van der Waals surface area contributed by atoms with E-state index in [0.717, 1.165) is 30.6 Å². The van der Waals surface area contributed by atoms with Crippen LogP contribution < -0.4 is 16.2 Å². The van der Waals surface area contributed by atoms with Gasteiger partial charge in [-0.15, -0.1) is 11.3 Å². The van der Waals surface area contributed by atoms with E-state index in [4.69, 9.17) is 12.2 Å². The van der Waals surface area contributed by atoms with Crippen LogP contribution in [0.4, 0.5) is 0 Å². The van der Waals surface area contributed by atoms with Crippen LogP contribution in [0, 0.1) is 5.92 Å². The molecule has 1 aromatic rings. The number of rotatable bonds is 3. The Morgan fingerprint density at radius 1 is 1.23 bits per heavy atom. The zero-order valence-electron chi connectivity index (χ0n) is 12.1. The van der Waals surface area contributed by atoms with Crippen LogP contribution in [0.2, 0.25) is 0 Å². The van der Waals surface area contributed by atoms with E-state index in [1.165, 1.54) is 12.5 Å². The Labute approximate surface area is 139 Å². The molecule has 3 N–H and O–H groups in total. The highest BCUT2D eigenvalue weighted by molar-refractivity contribution is 7.80. The quantitative estimate of drug-likeness (QED) is 0.450. The van der Waals surface area contributed by atoms with Crippen LogP contribution >= 0.6 is 23.6 Å². The van der Waals surface area contributed by atoms with E-state index in [1.807, 2.05) is 17.5 Å². The van der Waals surface area contributed by atoms with Crippen molar-refractivity contribution < 1.29 is 9.59 Å². The maximum atomic E-state index is 11.9. The fourth-order valence-electron chi connectivity index (χ4n) is 2.31. The summed E-state index contributed by atoms with van der Waals surface area (Å²) in [7, 11) is 0. The fourth-order valence-corrected chi connectivity index (χ4v) is 3.08. The van der Waals surface area contributed by atoms with Gasteiger partial charge < -0.3 is 0 Å². The van der Waals surface area contributed by atoms with Gasteiger partial charge in [0, 0.05) is 16.9 Å². The molecule has 0 saturated heterocycles. The molecule has 22 heavy (non-hydrogen) atoms. The largest absolute Gasteiger partial charge is 0.298 e.